The number of hydrogen-bond donors (Lipinski definition) is 0. The third kappa shape index (κ3) is 4.61. The molecule has 0 amide bonds. The van der Waals surface area contributed by atoms with Gasteiger partial charge in [0, 0.05) is 21.5 Å². The molecule has 0 spiro atoms. The largest absolute Gasteiger partial charge is 0.454 e. The summed E-state index contributed by atoms with van der Waals surface area (Å²) in [4.78, 5) is 4.92. The van der Waals surface area contributed by atoms with Gasteiger partial charge in [-0.2, -0.15) is 0 Å². The number of rotatable bonds is 6. The molecule has 0 unspecified atom stereocenters. The van der Waals surface area contributed by atoms with E-state index in [1.807, 2.05) is 6.20 Å². The Hall–Kier alpha value is -6.49. The van der Waals surface area contributed by atoms with Crippen LogP contribution in [0.25, 0.3) is 60.7 Å². The van der Waals surface area contributed by atoms with Crippen molar-refractivity contribution in [3.05, 3.63) is 194 Å². The molecular weight excluding hydrogens is 637 g/mol. The summed E-state index contributed by atoms with van der Waals surface area (Å²) in [6, 6.07) is 68.3. The van der Waals surface area contributed by atoms with Crippen molar-refractivity contribution in [1.29, 1.82) is 0 Å². The SMILES string of the molecule is c1ccc([Si](c2ccccc2)(c2ccccc2)c2cccc(-c3ccc4oc5cnc(-n6c7ccccc7c7ccccc76)cc5c4c3)c2)cc1. The Kier molecular flexibility index (Phi) is 6.83. The van der Waals surface area contributed by atoms with Crippen LogP contribution >= 0.6 is 0 Å². The van der Waals surface area contributed by atoms with E-state index >= 15 is 0 Å². The molecule has 0 radical (unpaired) electrons. The highest BCUT2D eigenvalue weighted by molar-refractivity contribution is 7.19. The lowest BCUT2D eigenvalue weighted by molar-refractivity contribution is 0.666. The first-order valence-electron chi connectivity index (χ1n) is 17.4. The minimum Gasteiger partial charge on any atom is -0.454 e. The first-order valence-corrected chi connectivity index (χ1v) is 19.4. The number of fused-ring (bicyclic) bond motifs is 6. The molecule has 0 saturated carbocycles. The molecule has 0 N–H and O–H groups in total. The molecule has 0 bridgehead atoms. The van der Waals surface area contributed by atoms with Crippen molar-refractivity contribution in [1.82, 2.24) is 9.55 Å². The minimum absolute atomic E-state index is 0.782. The lowest BCUT2D eigenvalue weighted by Crippen LogP contribution is -2.74. The van der Waals surface area contributed by atoms with E-state index in [9.17, 15) is 0 Å². The second kappa shape index (κ2) is 11.8. The van der Waals surface area contributed by atoms with Crippen LogP contribution in [-0.2, 0) is 0 Å². The fraction of sp³-hybridized carbons (Fsp3) is 0. The van der Waals surface area contributed by atoms with Gasteiger partial charge in [0.1, 0.15) is 11.4 Å². The molecular formula is C47H32N2OSi. The second-order valence-corrected chi connectivity index (χ2v) is 17.0. The number of nitrogens with zero attached hydrogens (tertiary/aromatic N) is 2. The summed E-state index contributed by atoms with van der Waals surface area (Å²) in [6.45, 7) is 0. The van der Waals surface area contributed by atoms with E-state index in [4.69, 9.17) is 9.40 Å². The lowest BCUT2D eigenvalue weighted by atomic mass is 10.0. The van der Waals surface area contributed by atoms with Gasteiger partial charge in [0.2, 0.25) is 0 Å². The monoisotopic (exact) mass is 668 g/mol. The molecule has 3 nitrogen and oxygen atoms in total. The molecule has 3 heterocycles. The molecule has 51 heavy (non-hydrogen) atoms. The number of pyridine rings is 1. The van der Waals surface area contributed by atoms with Crippen LogP contribution in [0.1, 0.15) is 0 Å². The first-order chi connectivity index (χ1) is 25.3. The summed E-state index contributed by atoms with van der Waals surface area (Å²) in [5, 5.41) is 10.00. The van der Waals surface area contributed by atoms with Crippen LogP contribution in [0.5, 0.6) is 0 Å². The van der Waals surface area contributed by atoms with E-state index in [1.165, 1.54) is 37.1 Å². The maximum atomic E-state index is 6.38. The standard InChI is InChI=1S/C47H32N2OSi/c1-4-16-35(17-5-1)51(36-18-6-2-7-19-36,37-20-8-3-9-21-37)38-22-14-15-33(29-38)34-27-28-45-41(30-34)42-31-47(48-32-46(42)50-45)49-43-25-12-10-23-39(43)40-24-11-13-26-44(40)49/h1-32H. The maximum absolute atomic E-state index is 6.38. The van der Waals surface area contributed by atoms with E-state index in [0.717, 1.165) is 44.4 Å². The van der Waals surface area contributed by atoms with Crippen LogP contribution in [0.2, 0.25) is 0 Å². The highest BCUT2D eigenvalue weighted by Gasteiger charge is 2.41. The maximum Gasteiger partial charge on any atom is 0.179 e. The van der Waals surface area contributed by atoms with Crippen molar-refractivity contribution in [3.8, 4) is 16.9 Å². The number of para-hydroxylation sites is 2. The summed E-state index contributed by atoms with van der Waals surface area (Å²) in [7, 11) is -2.66. The Bertz CT molecular complexity index is 2710. The molecule has 0 atom stereocenters. The van der Waals surface area contributed by atoms with Gasteiger partial charge in [-0.3, -0.25) is 4.57 Å². The number of aromatic nitrogens is 2. The van der Waals surface area contributed by atoms with E-state index in [0.29, 0.717) is 0 Å². The smallest absolute Gasteiger partial charge is 0.179 e. The van der Waals surface area contributed by atoms with Gasteiger partial charge >= 0.3 is 0 Å². The molecule has 3 aromatic heterocycles. The van der Waals surface area contributed by atoms with Crippen LogP contribution in [0, 0.1) is 0 Å². The van der Waals surface area contributed by atoms with Crippen LogP contribution in [0.4, 0.5) is 0 Å². The zero-order chi connectivity index (χ0) is 33.8. The summed E-state index contributed by atoms with van der Waals surface area (Å²) in [5.74, 6) is 0.874. The topological polar surface area (TPSA) is 31.0 Å². The van der Waals surface area contributed by atoms with Gasteiger partial charge in [-0.15, -0.1) is 0 Å². The third-order valence-electron chi connectivity index (χ3n) is 10.4. The van der Waals surface area contributed by atoms with Crippen LogP contribution in [0.15, 0.2) is 199 Å². The third-order valence-corrected chi connectivity index (χ3v) is 15.2. The lowest BCUT2D eigenvalue weighted by Gasteiger charge is -2.34. The number of hydrogen-bond acceptors (Lipinski definition) is 2. The second-order valence-electron chi connectivity index (χ2n) is 13.2. The molecule has 0 saturated heterocycles. The molecule has 7 aromatic carbocycles. The van der Waals surface area contributed by atoms with Gasteiger partial charge in [0.15, 0.2) is 13.7 Å². The zero-order valence-corrected chi connectivity index (χ0v) is 28.8. The summed E-state index contributed by atoms with van der Waals surface area (Å²) < 4.78 is 8.64. The fourth-order valence-electron chi connectivity index (χ4n) is 8.14. The molecule has 0 aliphatic carbocycles. The van der Waals surface area contributed by atoms with E-state index in [2.05, 4.69) is 193 Å². The molecule has 0 fully saturated rings. The van der Waals surface area contributed by atoms with Crippen molar-refractivity contribution in [3.63, 3.8) is 0 Å². The molecule has 240 valence electrons. The summed E-state index contributed by atoms with van der Waals surface area (Å²) >= 11 is 0. The van der Waals surface area contributed by atoms with Gasteiger partial charge in [-0.05, 0) is 62.2 Å². The fourth-order valence-corrected chi connectivity index (χ4v) is 12.9. The van der Waals surface area contributed by atoms with Crippen molar-refractivity contribution < 1.29 is 4.42 Å². The van der Waals surface area contributed by atoms with Gasteiger partial charge in [0.05, 0.1) is 17.2 Å². The summed E-state index contributed by atoms with van der Waals surface area (Å²) in [6.07, 6.45) is 1.87. The van der Waals surface area contributed by atoms with E-state index in [1.54, 1.807) is 0 Å². The first kappa shape index (κ1) is 29.4. The predicted octanol–water partition coefficient (Wildman–Crippen LogP) is 9.12. The molecule has 4 heteroatoms. The molecule has 0 aliphatic heterocycles. The van der Waals surface area contributed by atoms with E-state index < -0.39 is 8.07 Å². The Balaban J connectivity index is 1.16. The number of benzene rings is 7. The molecule has 10 aromatic rings. The van der Waals surface area contributed by atoms with E-state index in [-0.39, 0.29) is 0 Å². The Labute approximate surface area is 296 Å². The minimum atomic E-state index is -2.66. The average Bonchev–Trinajstić information content (AvgIpc) is 3.74. The quantitative estimate of drug-likeness (QED) is 0.131. The number of furan rings is 1. The van der Waals surface area contributed by atoms with Crippen molar-refractivity contribution >= 4 is 72.6 Å². The highest BCUT2D eigenvalue weighted by atomic mass is 28.3. The van der Waals surface area contributed by atoms with Crippen molar-refractivity contribution in [2.75, 3.05) is 0 Å². The van der Waals surface area contributed by atoms with Crippen LogP contribution in [0.3, 0.4) is 0 Å². The summed E-state index contributed by atoms with van der Waals surface area (Å²) in [5.41, 5.74) is 6.24. The molecule has 10 rings (SSSR count). The normalized spacial score (nSPS) is 11.9. The van der Waals surface area contributed by atoms with Crippen molar-refractivity contribution in [2.24, 2.45) is 0 Å². The van der Waals surface area contributed by atoms with Gasteiger partial charge in [0.25, 0.3) is 0 Å². The van der Waals surface area contributed by atoms with Crippen LogP contribution in [-0.4, -0.2) is 17.6 Å². The average molecular weight is 669 g/mol. The Morgan fingerprint density at radius 1 is 0.392 bits per heavy atom. The Morgan fingerprint density at radius 2 is 0.902 bits per heavy atom. The molecule has 0 aliphatic rings. The van der Waals surface area contributed by atoms with Crippen molar-refractivity contribution in [2.45, 2.75) is 0 Å². The highest BCUT2D eigenvalue weighted by Crippen LogP contribution is 2.36. The van der Waals surface area contributed by atoms with Gasteiger partial charge in [-0.25, -0.2) is 4.98 Å². The zero-order valence-electron chi connectivity index (χ0n) is 27.8. The Morgan fingerprint density at radius 3 is 1.51 bits per heavy atom. The van der Waals surface area contributed by atoms with Crippen LogP contribution < -0.4 is 20.7 Å². The predicted molar refractivity (Wildman–Crippen MR) is 215 cm³/mol. The van der Waals surface area contributed by atoms with Gasteiger partial charge < -0.3 is 4.42 Å². The van der Waals surface area contributed by atoms with Gasteiger partial charge in [-0.1, -0.05) is 158 Å².